The number of aromatic nitrogens is 1. The van der Waals surface area contributed by atoms with Crippen molar-refractivity contribution in [3.8, 4) is 0 Å². The van der Waals surface area contributed by atoms with Crippen molar-refractivity contribution in [2.45, 2.75) is 12.8 Å². The average molecular weight is 191 g/mol. The van der Waals surface area contributed by atoms with Gasteiger partial charge in [0.25, 0.3) is 0 Å². The van der Waals surface area contributed by atoms with E-state index < -0.39 is 0 Å². The molecule has 0 atom stereocenters. The van der Waals surface area contributed by atoms with Gasteiger partial charge in [-0.1, -0.05) is 6.07 Å². The van der Waals surface area contributed by atoms with Gasteiger partial charge in [0.15, 0.2) is 0 Å². The lowest BCUT2D eigenvalue weighted by Crippen LogP contribution is -2.20. The summed E-state index contributed by atoms with van der Waals surface area (Å²) in [6, 6.07) is 6.22. The van der Waals surface area contributed by atoms with E-state index in [9.17, 15) is 0 Å². The Morgan fingerprint density at radius 2 is 1.93 bits per heavy atom. The van der Waals surface area contributed by atoms with Gasteiger partial charge in [-0.2, -0.15) is 0 Å². The zero-order valence-electron chi connectivity index (χ0n) is 8.90. The molecular weight excluding hydrogens is 174 g/mol. The van der Waals surface area contributed by atoms with Crippen molar-refractivity contribution < 1.29 is 0 Å². The maximum Gasteiger partial charge on any atom is 0.130 e. The van der Waals surface area contributed by atoms with Gasteiger partial charge in [0.1, 0.15) is 11.6 Å². The minimum atomic E-state index is 1.04. The van der Waals surface area contributed by atoms with E-state index in [4.69, 9.17) is 0 Å². The summed E-state index contributed by atoms with van der Waals surface area (Å²) in [6.45, 7) is 2.31. The number of nitrogens with zero attached hydrogens (tertiary/aromatic N) is 3. The van der Waals surface area contributed by atoms with Gasteiger partial charge in [0, 0.05) is 27.2 Å². The Balaban J connectivity index is 2.21. The van der Waals surface area contributed by atoms with E-state index in [1.807, 2.05) is 25.1 Å². The summed E-state index contributed by atoms with van der Waals surface area (Å²) >= 11 is 0. The van der Waals surface area contributed by atoms with Crippen molar-refractivity contribution in [1.82, 2.24) is 4.98 Å². The molecule has 0 N–H and O–H groups in total. The lowest BCUT2D eigenvalue weighted by Gasteiger charge is -2.19. The molecule has 14 heavy (non-hydrogen) atoms. The van der Waals surface area contributed by atoms with Gasteiger partial charge in [-0.15, -0.1) is 0 Å². The van der Waals surface area contributed by atoms with Gasteiger partial charge < -0.3 is 9.80 Å². The molecule has 0 spiro atoms. The van der Waals surface area contributed by atoms with E-state index in [2.05, 4.69) is 22.0 Å². The molecule has 3 heteroatoms. The van der Waals surface area contributed by atoms with Crippen molar-refractivity contribution in [1.29, 1.82) is 0 Å². The second-order valence-corrected chi connectivity index (χ2v) is 3.94. The summed E-state index contributed by atoms with van der Waals surface area (Å²) in [4.78, 5) is 9.00. The van der Waals surface area contributed by atoms with Crippen LogP contribution in [-0.2, 0) is 0 Å². The van der Waals surface area contributed by atoms with Crippen LogP contribution in [-0.4, -0.2) is 32.2 Å². The topological polar surface area (TPSA) is 19.4 Å². The molecule has 1 aromatic heterocycles. The lowest BCUT2D eigenvalue weighted by molar-refractivity contribution is 0.928. The van der Waals surface area contributed by atoms with E-state index in [0.717, 1.165) is 24.7 Å². The second kappa shape index (κ2) is 3.86. The van der Waals surface area contributed by atoms with Gasteiger partial charge in [-0.3, -0.25) is 0 Å². The zero-order valence-corrected chi connectivity index (χ0v) is 8.90. The van der Waals surface area contributed by atoms with Crippen LogP contribution in [0.2, 0.25) is 0 Å². The van der Waals surface area contributed by atoms with E-state index in [0.29, 0.717) is 0 Å². The van der Waals surface area contributed by atoms with Gasteiger partial charge in [-0.05, 0) is 25.0 Å². The van der Waals surface area contributed by atoms with Gasteiger partial charge in [-0.25, -0.2) is 4.98 Å². The standard InChI is InChI=1S/C11H17N3/c1-13(2)10-6-5-7-11(12-10)14-8-3-4-9-14/h5-7H,3-4,8-9H2,1-2H3. The molecule has 0 aromatic carbocycles. The fraction of sp³-hybridized carbons (Fsp3) is 0.545. The highest BCUT2D eigenvalue weighted by molar-refractivity contribution is 5.48. The molecule has 0 amide bonds. The molecule has 1 aliphatic rings. The lowest BCUT2D eigenvalue weighted by atomic mass is 10.4. The minimum absolute atomic E-state index is 1.04. The molecule has 0 aliphatic carbocycles. The average Bonchev–Trinajstić information content (AvgIpc) is 2.71. The molecule has 76 valence electrons. The maximum atomic E-state index is 4.61. The molecule has 1 saturated heterocycles. The zero-order chi connectivity index (χ0) is 9.97. The van der Waals surface area contributed by atoms with Crippen LogP contribution in [0, 0.1) is 0 Å². The Morgan fingerprint density at radius 1 is 1.21 bits per heavy atom. The van der Waals surface area contributed by atoms with Gasteiger partial charge >= 0.3 is 0 Å². The van der Waals surface area contributed by atoms with Crippen molar-refractivity contribution in [3.05, 3.63) is 18.2 Å². The monoisotopic (exact) mass is 191 g/mol. The van der Waals surface area contributed by atoms with Crippen LogP contribution in [0.1, 0.15) is 12.8 Å². The highest BCUT2D eigenvalue weighted by atomic mass is 15.2. The first kappa shape index (κ1) is 9.31. The Bertz CT molecular complexity index is 303. The van der Waals surface area contributed by atoms with Crippen LogP contribution < -0.4 is 9.80 Å². The van der Waals surface area contributed by atoms with Crippen LogP contribution >= 0.6 is 0 Å². The number of pyridine rings is 1. The number of hydrogen-bond donors (Lipinski definition) is 0. The highest BCUT2D eigenvalue weighted by Gasteiger charge is 2.13. The first-order valence-corrected chi connectivity index (χ1v) is 5.17. The van der Waals surface area contributed by atoms with Crippen LogP contribution in [0.5, 0.6) is 0 Å². The van der Waals surface area contributed by atoms with Crippen molar-refractivity contribution in [2.24, 2.45) is 0 Å². The molecule has 2 rings (SSSR count). The van der Waals surface area contributed by atoms with Crippen LogP contribution in [0.3, 0.4) is 0 Å². The number of rotatable bonds is 2. The first-order valence-electron chi connectivity index (χ1n) is 5.17. The van der Waals surface area contributed by atoms with Crippen LogP contribution in [0.25, 0.3) is 0 Å². The predicted octanol–water partition coefficient (Wildman–Crippen LogP) is 1.75. The number of anilines is 2. The molecular formula is C11H17N3. The molecule has 3 nitrogen and oxygen atoms in total. The third kappa shape index (κ3) is 1.81. The maximum absolute atomic E-state index is 4.61. The fourth-order valence-electron chi connectivity index (χ4n) is 1.78. The Hall–Kier alpha value is -1.25. The molecule has 1 aromatic rings. The quantitative estimate of drug-likeness (QED) is 0.710. The molecule has 0 unspecified atom stereocenters. The molecule has 1 fully saturated rings. The van der Waals surface area contributed by atoms with E-state index in [1.54, 1.807) is 0 Å². The van der Waals surface area contributed by atoms with Crippen molar-refractivity contribution in [2.75, 3.05) is 37.0 Å². The molecule has 0 radical (unpaired) electrons. The Kier molecular flexibility index (Phi) is 2.57. The van der Waals surface area contributed by atoms with E-state index in [-0.39, 0.29) is 0 Å². The van der Waals surface area contributed by atoms with Crippen molar-refractivity contribution in [3.63, 3.8) is 0 Å². The third-order valence-corrected chi connectivity index (χ3v) is 2.61. The fourth-order valence-corrected chi connectivity index (χ4v) is 1.78. The molecule has 2 heterocycles. The smallest absolute Gasteiger partial charge is 0.130 e. The minimum Gasteiger partial charge on any atom is -0.363 e. The molecule has 0 bridgehead atoms. The summed E-state index contributed by atoms with van der Waals surface area (Å²) in [5.74, 6) is 2.16. The SMILES string of the molecule is CN(C)c1cccc(N2CCCC2)n1. The normalized spacial score (nSPS) is 16.0. The summed E-state index contributed by atoms with van der Waals surface area (Å²) < 4.78 is 0. The van der Waals surface area contributed by atoms with E-state index in [1.165, 1.54) is 12.8 Å². The van der Waals surface area contributed by atoms with Crippen molar-refractivity contribution >= 4 is 11.6 Å². The summed E-state index contributed by atoms with van der Waals surface area (Å²) in [6.07, 6.45) is 2.60. The van der Waals surface area contributed by atoms with Gasteiger partial charge in [0.2, 0.25) is 0 Å². The second-order valence-electron chi connectivity index (χ2n) is 3.94. The highest BCUT2D eigenvalue weighted by Crippen LogP contribution is 2.19. The van der Waals surface area contributed by atoms with E-state index >= 15 is 0 Å². The van der Waals surface area contributed by atoms with Gasteiger partial charge in [0.05, 0.1) is 0 Å². The summed E-state index contributed by atoms with van der Waals surface area (Å²) in [5.41, 5.74) is 0. The molecule has 0 saturated carbocycles. The largest absolute Gasteiger partial charge is 0.363 e. The Labute approximate surface area is 85.4 Å². The number of hydrogen-bond acceptors (Lipinski definition) is 3. The van der Waals surface area contributed by atoms with Crippen LogP contribution in [0.15, 0.2) is 18.2 Å². The summed E-state index contributed by atoms with van der Waals surface area (Å²) in [5, 5.41) is 0. The molecule has 1 aliphatic heterocycles. The first-order chi connectivity index (χ1) is 6.77. The predicted molar refractivity (Wildman–Crippen MR) is 60.0 cm³/mol. The van der Waals surface area contributed by atoms with Crippen LogP contribution in [0.4, 0.5) is 11.6 Å². The third-order valence-electron chi connectivity index (χ3n) is 2.61. The summed E-state index contributed by atoms with van der Waals surface area (Å²) in [7, 11) is 4.05. The Morgan fingerprint density at radius 3 is 2.57 bits per heavy atom.